The molecule has 4 nitrogen and oxygen atoms in total. The van der Waals surface area contributed by atoms with Crippen molar-refractivity contribution >= 4 is 5.91 Å². The van der Waals surface area contributed by atoms with Gasteiger partial charge >= 0.3 is 0 Å². The number of nitrogens with one attached hydrogen (secondary N) is 1. The summed E-state index contributed by atoms with van der Waals surface area (Å²) < 4.78 is 5.77. The first kappa shape index (κ1) is 14.5. The lowest BCUT2D eigenvalue weighted by Gasteiger charge is -2.19. The van der Waals surface area contributed by atoms with Gasteiger partial charge in [-0.15, -0.1) is 0 Å². The molecule has 0 bridgehead atoms. The molecule has 4 heteroatoms. The second-order valence-electron chi connectivity index (χ2n) is 5.46. The third-order valence-electron chi connectivity index (χ3n) is 3.13. The van der Waals surface area contributed by atoms with E-state index in [2.05, 4.69) is 5.32 Å². The second-order valence-corrected chi connectivity index (χ2v) is 5.46. The van der Waals surface area contributed by atoms with E-state index in [1.165, 1.54) is 25.7 Å². The molecule has 0 radical (unpaired) electrons. The maximum Gasteiger partial charge on any atom is 0.239 e. The van der Waals surface area contributed by atoms with Gasteiger partial charge in [0.05, 0.1) is 18.2 Å². The highest BCUT2D eigenvalue weighted by molar-refractivity contribution is 5.84. The van der Waals surface area contributed by atoms with Crippen LogP contribution in [0.1, 0.15) is 52.4 Å². The van der Waals surface area contributed by atoms with Crippen LogP contribution in [-0.2, 0) is 9.53 Å². The summed E-state index contributed by atoms with van der Waals surface area (Å²) in [4.78, 5) is 11.5. The summed E-state index contributed by atoms with van der Waals surface area (Å²) in [7, 11) is 0. The van der Waals surface area contributed by atoms with Crippen LogP contribution in [0.3, 0.4) is 0 Å². The average Bonchev–Trinajstić information content (AvgIpc) is 2.51. The molecule has 0 heterocycles. The zero-order valence-electron chi connectivity index (χ0n) is 11.1. The highest BCUT2D eigenvalue weighted by Gasteiger charge is 2.21. The molecule has 0 saturated heterocycles. The molecule has 1 rings (SSSR count). The second kappa shape index (κ2) is 6.97. The molecule has 0 aromatic rings. The first-order valence-electron chi connectivity index (χ1n) is 6.69. The van der Waals surface area contributed by atoms with Crippen LogP contribution in [0.4, 0.5) is 0 Å². The Balaban J connectivity index is 2.09. The predicted octanol–water partition coefficient (Wildman–Crippen LogP) is 1.58. The van der Waals surface area contributed by atoms with Crippen molar-refractivity contribution in [2.24, 2.45) is 5.73 Å². The van der Waals surface area contributed by atoms with Crippen LogP contribution in [0.15, 0.2) is 0 Å². The van der Waals surface area contributed by atoms with Gasteiger partial charge in [0.15, 0.2) is 0 Å². The summed E-state index contributed by atoms with van der Waals surface area (Å²) >= 11 is 0. The van der Waals surface area contributed by atoms with Gasteiger partial charge < -0.3 is 15.8 Å². The number of rotatable bonds is 5. The third-order valence-corrected chi connectivity index (χ3v) is 3.13. The Morgan fingerprint density at radius 1 is 1.29 bits per heavy atom. The van der Waals surface area contributed by atoms with Gasteiger partial charge in [-0.05, 0) is 26.7 Å². The lowest BCUT2D eigenvalue weighted by molar-refractivity contribution is -0.125. The summed E-state index contributed by atoms with van der Waals surface area (Å²) in [5.74, 6) is -0.123. The molecule has 0 aliphatic heterocycles. The summed E-state index contributed by atoms with van der Waals surface area (Å²) in [5.41, 5.74) is 4.87. The first-order valence-corrected chi connectivity index (χ1v) is 6.69. The number of ether oxygens (including phenoxy) is 1. The normalized spacial score (nSPS) is 18.8. The topological polar surface area (TPSA) is 64.4 Å². The largest absolute Gasteiger partial charge is 0.376 e. The predicted molar refractivity (Wildman–Crippen MR) is 68.7 cm³/mol. The minimum atomic E-state index is -0.803. The van der Waals surface area contributed by atoms with Gasteiger partial charge in [-0.3, -0.25) is 4.79 Å². The lowest BCUT2D eigenvalue weighted by atomic mass is 10.1. The fourth-order valence-electron chi connectivity index (χ4n) is 2.03. The number of hydrogen-bond acceptors (Lipinski definition) is 3. The SMILES string of the molecule is CC(C)(N)C(=O)NCCOC1CCCCCC1. The third kappa shape index (κ3) is 6.03. The number of carbonyl (C=O) groups excluding carboxylic acids is 1. The molecule has 3 N–H and O–H groups in total. The van der Waals surface area contributed by atoms with Crippen LogP contribution >= 0.6 is 0 Å². The molecule has 100 valence electrons. The van der Waals surface area contributed by atoms with Gasteiger partial charge in [0, 0.05) is 6.54 Å². The minimum absolute atomic E-state index is 0.123. The van der Waals surface area contributed by atoms with Crippen LogP contribution in [0, 0.1) is 0 Å². The molecular formula is C13H26N2O2. The van der Waals surface area contributed by atoms with E-state index in [-0.39, 0.29) is 5.91 Å². The number of carbonyl (C=O) groups is 1. The molecule has 0 aromatic heterocycles. The van der Waals surface area contributed by atoms with Crippen molar-refractivity contribution in [1.29, 1.82) is 0 Å². The summed E-state index contributed by atoms with van der Waals surface area (Å²) in [6.07, 6.45) is 7.92. The zero-order valence-corrected chi connectivity index (χ0v) is 11.1. The van der Waals surface area contributed by atoms with E-state index in [0.29, 0.717) is 19.3 Å². The Hall–Kier alpha value is -0.610. The van der Waals surface area contributed by atoms with Crippen molar-refractivity contribution in [2.75, 3.05) is 13.2 Å². The number of hydrogen-bond donors (Lipinski definition) is 2. The standard InChI is InChI=1S/C13H26N2O2/c1-13(2,14)12(16)15-9-10-17-11-7-5-3-4-6-8-11/h11H,3-10,14H2,1-2H3,(H,15,16). The molecule has 0 aromatic carbocycles. The maximum absolute atomic E-state index is 11.5. The highest BCUT2D eigenvalue weighted by atomic mass is 16.5. The van der Waals surface area contributed by atoms with Crippen molar-refractivity contribution in [2.45, 2.75) is 64.0 Å². The molecule has 1 fully saturated rings. The molecular weight excluding hydrogens is 216 g/mol. The average molecular weight is 242 g/mol. The van der Waals surface area contributed by atoms with E-state index in [9.17, 15) is 4.79 Å². The molecule has 0 unspecified atom stereocenters. The Kier molecular flexibility index (Phi) is 5.92. The van der Waals surface area contributed by atoms with Gasteiger partial charge in [-0.25, -0.2) is 0 Å². The van der Waals surface area contributed by atoms with Gasteiger partial charge in [-0.2, -0.15) is 0 Å². The van der Waals surface area contributed by atoms with Gasteiger partial charge in [0.1, 0.15) is 0 Å². The van der Waals surface area contributed by atoms with Crippen LogP contribution in [0.2, 0.25) is 0 Å². The van der Waals surface area contributed by atoms with E-state index >= 15 is 0 Å². The van der Waals surface area contributed by atoms with Gasteiger partial charge in [0.25, 0.3) is 0 Å². The summed E-state index contributed by atoms with van der Waals surface area (Å²) in [6.45, 7) is 4.55. The van der Waals surface area contributed by atoms with Crippen LogP contribution in [0.5, 0.6) is 0 Å². The van der Waals surface area contributed by atoms with Crippen molar-refractivity contribution in [3.63, 3.8) is 0 Å². The van der Waals surface area contributed by atoms with Gasteiger partial charge in [0.2, 0.25) is 5.91 Å². The van der Waals surface area contributed by atoms with E-state index in [1.807, 2.05) is 0 Å². The number of amides is 1. The fourth-order valence-corrected chi connectivity index (χ4v) is 2.03. The monoisotopic (exact) mass is 242 g/mol. The van der Waals surface area contributed by atoms with Crippen molar-refractivity contribution in [3.8, 4) is 0 Å². The zero-order chi connectivity index (χ0) is 12.7. The van der Waals surface area contributed by atoms with Crippen molar-refractivity contribution in [1.82, 2.24) is 5.32 Å². The smallest absolute Gasteiger partial charge is 0.239 e. The minimum Gasteiger partial charge on any atom is -0.376 e. The fraction of sp³-hybridized carbons (Fsp3) is 0.923. The maximum atomic E-state index is 11.5. The molecule has 17 heavy (non-hydrogen) atoms. The van der Waals surface area contributed by atoms with E-state index in [0.717, 1.165) is 12.8 Å². The molecule has 0 spiro atoms. The summed E-state index contributed by atoms with van der Waals surface area (Å²) in [5, 5.41) is 2.79. The summed E-state index contributed by atoms with van der Waals surface area (Å²) in [6, 6.07) is 0. The van der Waals surface area contributed by atoms with Crippen molar-refractivity contribution in [3.05, 3.63) is 0 Å². The number of nitrogens with two attached hydrogens (primary N) is 1. The molecule has 0 atom stereocenters. The Labute approximate surface area is 104 Å². The molecule has 1 amide bonds. The van der Waals surface area contributed by atoms with Crippen molar-refractivity contribution < 1.29 is 9.53 Å². The highest BCUT2D eigenvalue weighted by Crippen LogP contribution is 2.19. The van der Waals surface area contributed by atoms with E-state index < -0.39 is 5.54 Å². The van der Waals surface area contributed by atoms with Crippen LogP contribution in [-0.4, -0.2) is 30.7 Å². The van der Waals surface area contributed by atoms with Crippen LogP contribution < -0.4 is 11.1 Å². The first-order chi connectivity index (χ1) is 8.00. The molecule has 1 saturated carbocycles. The van der Waals surface area contributed by atoms with Crippen LogP contribution in [0.25, 0.3) is 0 Å². The Morgan fingerprint density at radius 3 is 2.41 bits per heavy atom. The lowest BCUT2D eigenvalue weighted by Crippen LogP contribution is -2.49. The van der Waals surface area contributed by atoms with Gasteiger partial charge in [-0.1, -0.05) is 25.7 Å². The molecule has 1 aliphatic rings. The van der Waals surface area contributed by atoms with E-state index in [4.69, 9.17) is 10.5 Å². The molecule has 1 aliphatic carbocycles. The quantitative estimate of drug-likeness (QED) is 0.568. The van der Waals surface area contributed by atoms with E-state index in [1.54, 1.807) is 13.8 Å². The Bertz CT molecular complexity index is 228. The Morgan fingerprint density at radius 2 is 1.88 bits per heavy atom.